The molecule has 5 nitrogen and oxygen atoms in total. The molecule has 0 unspecified atom stereocenters. The molecule has 6 heteroatoms. The van der Waals surface area contributed by atoms with Gasteiger partial charge in [-0.2, -0.15) is 0 Å². The fourth-order valence-electron chi connectivity index (χ4n) is 0.931. The fraction of sp³-hybridized carbons (Fsp3) is 0.250. The number of nitro benzene ring substituents is 1. The van der Waals surface area contributed by atoms with Gasteiger partial charge in [0.1, 0.15) is 0 Å². The highest BCUT2D eigenvalue weighted by molar-refractivity contribution is 6.32. The van der Waals surface area contributed by atoms with Crippen LogP contribution < -0.4 is 4.74 Å². The Morgan fingerprint density at radius 1 is 1.64 bits per heavy atom. The lowest BCUT2D eigenvalue weighted by molar-refractivity contribution is -0.384. The average Bonchev–Trinajstić information content (AvgIpc) is 2.12. The summed E-state index contributed by atoms with van der Waals surface area (Å²) in [6, 6.07) is 2.20. The van der Waals surface area contributed by atoms with Crippen LogP contribution in [0.1, 0.15) is 6.92 Å². The molecule has 1 aromatic carbocycles. The lowest BCUT2D eigenvalue weighted by atomic mass is 10.3. The normalized spacial score (nSPS) is 9.86. The highest BCUT2D eigenvalue weighted by atomic mass is 35.5. The lowest BCUT2D eigenvalue weighted by Gasteiger charge is -2.06. The van der Waals surface area contributed by atoms with Crippen LogP contribution >= 0.6 is 11.6 Å². The second kappa shape index (κ2) is 4.15. The number of ether oxygens (including phenoxy) is 1. The van der Waals surface area contributed by atoms with E-state index in [1.54, 1.807) is 6.92 Å². The van der Waals surface area contributed by atoms with Gasteiger partial charge in [-0.1, -0.05) is 11.6 Å². The Kier molecular flexibility index (Phi) is 3.14. The lowest BCUT2D eigenvalue weighted by Crippen LogP contribution is -1.94. The van der Waals surface area contributed by atoms with Crippen LogP contribution in [0.15, 0.2) is 12.1 Å². The molecule has 0 saturated carbocycles. The summed E-state index contributed by atoms with van der Waals surface area (Å²) in [5, 5.41) is 19.7. The number of nitro groups is 1. The number of hydrogen-bond acceptors (Lipinski definition) is 4. The van der Waals surface area contributed by atoms with E-state index in [1.165, 1.54) is 0 Å². The molecule has 0 spiro atoms. The van der Waals surface area contributed by atoms with Crippen molar-refractivity contribution < 1.29 is 14.8 Å². The minimum Gasteiger partial charge on any atom is -0.503 e. The van der Waals surface area contributed by atoms with Crippen molar-refractivity contribution in [3.8, 4) is 11.5 Å². The van der Waals surface area contributed by atoms with Crippen molar-refractivity contribution in [2.45, 2.75) is 6.92 Å². The van der Waals surface area contributed by atoms with E-state index < -0.39 is 4.92 Å². The van der Waals surface area contributed by atoms with Gasteiger partial charge < -0.3 is 9.84 Å². The molecule has 1 aromatic rings. The van der Waals surface area contributed by atoms with Crippen molar-refractivity contribution in [1.82, 2.24) is 0 Å². The van der Waals surface area contributed by atoms with Crippen molar-refractivity contribution >= 4 is 17.3 Å². The Balaban J connectivity index is 3.20. The molecule has 0 aliphatic heterocycles. The molecule has 14 heavy (non-hydrogen) atoms. The maximum Gasteiger partial charge on any atom is 0.274 e. The van der Waals surface area contributed by atoms with Gasteiger partial charge in [0.05, 0.1) is 22.6 Å². The molecule has 0 amide bonds. The van der Waals surface area contributed by atoms with E-state index in [0.717, 1.165) is 12.1 Å². The van der Waals surface area contributed by atoms with Gasteiger partial charge in [-0.15, -0.1) is 0 Å². The minimum absolute atomic E-state index is 0.0201. The molecule has 0 radical (unpaired) electrons. The maximum absolute atomic E-state index is 10.4. The first kappa shape index (κ1) is 10.6. The number of nitrogens with zero attached hydrogens (tertiary/aromatic N) is 1. The van der Waals surface area contributed by atoms with E-state index in [-0.39, 0.29) is 22.2 Å². The van der Waals surface area contributed by atoms with Gasteiger partial charge in [0.15, 0.2) is 11.5 Å². The van der Waals surface area contributed by atoms with E-state index in [0.29, 0.717) is 6.61 Å². The Labute approximate surface area is 85.0 Å². The smallest absolute Gasteiger partial charge is 0.274 e. The zero-order valence-corrected chi connectivity index (χ0v) is 8.11. The summed E-state index contributed by atoms with van der Waals surface area (Å²) >= 11 is 5.56. The van der Waals surface area contributed by atoms with E-state index in [1.807, 2.05) is 0 Å². The van der Waals surface area contributed by atoms with Crippen LogP contribution in [0.4, 0.5) is 5.69 Å². The van der Waals surface area contributed by atoms with Crippen molar-refractivity contribution in [2.24, 2.45) is 0 Å². The fourth-order valence-corrected chi connectivity index (χ4v) is 1.14. The summed E-state index contributed by atoms with van der Waals surface area (Å²) in [5.74, 6) is -0.259. The summed E-state index contributed by atoms with van der Waals surface area (Å²) in [7, 11) is 0. The highest BCUT2D eigenvalue weighted by Crippen LogP contribution is 2.37. The van der Waals surface area contributed by atoms with Crippen molar-refractivity contribution in [3.05, 3.63) is 27.3 Å². The number of hydrogen-bond donors (Lipinski definition) is 1. The summed E-state index contributed by atoms with van der Waals surface area (Å²) in [6.45, 7) is 2.00. The molecule has 76 valence electrons. The van der Waals surface area contributed by atoms with Crippen LogP contribution in [-0.2, 0) is 0 Å². The molecular weight excluding hydrogens is 210 g/mol. The second-order valence-corrected chi connectivity index (χ2v) is 2.87. The van der Waals surface area contributed by atoms with Crippen molar-refractivity contribution in [3.63, 3.8) is 0 Å². The first-order valence-corrected chi connectivity index (χ1v) is 4.23. The Hall–Kier alpha value is -1.49. The van der Waals surface area contributed by atoms with Crippen LogP contribution in [0.2, 0.25) is 5.02 Å². The molecule has 1 rings (SSSR count). The molecule has 0 atom stereocenters. The molecule has 0 aromatic heterocycles. The highest BCUT2D eigenvalue weighted by Gasteiger charge is 2.15. The Morgan fingerprint density at radius 2 is 2.29 bits per heavy atom. The molecule has 1 N–H and O–H groups in total. The second-order valence-electron chi connectivity index (χ2n) is 2.46. The van der Waals surface area contributed by atoms with Gasteiger partial charge in [0.2, 0.25) is 0 Å². The summed E-state index contributed by atoms with van der Waals surface area (Å²) < 4.78 is 4.97. The monoisotopic (exact) mass is 217 g/mol. The zero-order chi connectivity index (χ0) is 10.7. The molecular formula is C8H8ClNO4. The topological polar surface area (TPSA) is 72.6 Å². The van der Waals surface area contributed by atoms with E-state index in [4.69, 9.17) is 16.3 Å². The van der Waals surface area contributed by atoms with Gasteiger partial charge in [0.25, 0.3) is 5.69 Å². The third-order valence-corrected chi connectivity index (χ3v) is 1.81. The number of phenols is 1. The van der Waals surface area contributed by atoms with Gasteiger partial charge >= 0.3 is 0 Å². The Bertz CT molecular complexity index is 367. The van der Waals surface area contributed by atoms with Crippen molar-refractivity contribution in [2.75, 3.05) is 6.61 Å². The minimum atomic E-state index is -0.603. The van der Waals surface area contributed by atoms with Crippen LogP contribution in [0.5, 0.6) is 11.5 Å². The van der Waals surface area contributed by atoms with Crippen LogP contribution in [0.25, 0.3) is 0 Å². The summed E-state index contributed by atoms with van der Waals surface area (Å²) in [6.07, 6.45) is 0. The molecule has 0 aliphatic carbocycles. The zero-order valence-electron chi connectivity index (χ0n) is 7.36. The van der Waals surface area contributed by atoms with Crippen molar-refractivity contribution in [1.29, 1.82) is 0 Å². The van der Waals surface area contributed by atoms with Crippen LogP contribution in [0, 0.1) is 10.1 Å². The van der Waals surface area contributed by atoms with Gasteiger partial charge in [-0.3, -0.25) is 10.1 Å². The molecule has 0 saturated heterocycles. The number of benzene rings is 1. The summed E-state index contributed by atoms with van der Waals surface area (Å²) in [4.78, 5) is 9.83. The van der Waals surface area contributed by atoms with E-state index in [9.17, 15) is 15.2 Å². The first-order valence-electron chi connectivity index (χ1n) is 3.86. The third-order valence-electron chi connectivity index (χ3n) is 1.52. The average molecular weight is 218 g/mol. The van der Waals surface area contributed by atoms with Crippen LogP contribution in [0.3, 0.4) is 0 Å². The Morgan fingerprint density at radius 3 is 2.79 bits per heavy atom. The largest absolute Gasteiger partial charge is 0.503 e. The quantitative estimate of drug-likeness (QED) is 0.623. The SMILES string of the molecule is CCOc1cc([N+](=O)[O-])cc(Cl)c1O. The van der Waals surface area contributed by atoms with Gasteiger partial charge in [-0.05, 0) is 6.92 Å². The van der Waals surface area contributed by atoms with E-state index >= 15 is 0 Å². The number of halogens is 1. The molecule has 0 aliphatic rings. The number of rotatable bonds is 3. The number of non-ortho nitro benzene ring substituents is 1. The summed E-state index contributed by atoms with van der Waals surface area (Å²) in [5.41, 5.74) is -0.212. The number of phenolic OH excluding ortho intramolecular Hbond substituents is 1. The molecule has 0 bridgehead atoms. The molecule has 0 fully saturated rings. The van der Waals surface area contributed by atoms with E-state index in [2.05, 4.69) is 0 Å². The standard InChI is InChI=1S/C8H8ClNO4/c1-2-14-7-4-5(10(12)13)3-6(9)8(7)11/h3-4,11H,2H2,1H3. The number of aromatic hydroxyl groups is 1. The third kappa shape index (κ3) is 2.05. The van der Waals surface area contributed by atoms with Crippen LogP contribution in [-0.4, -0.2) is 16.6 Å². The molecule has 0 heterocycles. The van der Waals surface area contributed by atoms with Gasteiger partial charge in [-0.25, -0.2) is 0 Å². The maximum atomic E-state index is 10.4. The predicted octanol–water partition coefficient (Wildman–Crippen LogP) is 2.35. The van der Waals surface area contributed by atoms with Gasteiger partial charge in [0, 0.05) is 6.07 Å². The first-order chi connectivity index (χ1) is 6.56. The predicted molar refractivity (Wildman–Crippen MR) is 50.9 cm³/mol.